The molecule has 0 aliphatic carbocycles. The van der Waals surface area contributed by atoms with Crippen molar-refractivity contribution in [2.24, 2.45) is 11.1 Å². The van der Waals surface area contributed by atoms with Gasteiger partial charge in [-0.2, -0.15) is 0 Å². The normalized spacial score (nSPS) is 24.9. The highest BCUT2D eigenvalue weighted by molar-refractivity contribution is 5.02. The zero-order valence-corrected chi connectivity index (χ0v) is 10.3. The van der Waals surface area contributed by atoms with Crippen LogP contribution in [0, 0.1) is 17.3 Å². The van der Waals surface area contributed by atoms with Gasteiger partial charge in [-0.15, -0.1) is 5.92 Å². The van der Waals surface area contributed by atoms with Crippen molar-refractivity contribution in [3.63, 3.8) is 0 Å². The predicted molar refractivity (Wildman–Crippen MR) is 67.1 cm³/mol. The molecule has 0 unspecified atom stereocenters. The van der Waals surface area contributed by atoms with E-state index >= 15 is 0 Å². The lowest BCUT2D eigenvalue weighted by Crippen LogP contribution is -2.60. The number of rotatable bonds is 3. The molecular weight excluding hydrogens is 198 g/mol. The summed E-state index contributed by atoms with van der Waals surface area (Å²) in [5.74, 6) is 6.13. The van der Waals surface area contributed by atoms with E-state index in [4.69, 9.17) is 5.73 Å². The maximum Gasteiger partial charge on any atom is 0.0601 e. The number of hydrogen-bond donors (Lipinski definition) is 1. The first-order valence-corrected chi connectivity index (χ1v) is 6.32. The van der Waals surface area contributed by atoms with Crippen molar-refractivity contribution in [1.29, 1.82) is 0 Å². The number of hydrogen-bond acceptors (Lipinski definition) is 3. The average Bonchev–Trinajstić information content (AvgIpc) is 2.26. The molecule has 0 radical (unpaired) electrons. The third-order valence-corrected chi connectivity index (χ3v) is 3.96. The van der Waals surface area contributed by atoms with Gasteiger partial charge < -0.3 is 10.6 Å². The lowest BCUT2D eigenvalue weighted by Gasteiger charge is -2.54. The van der Waals surface area contributed by atoms with Gasteiger partial charge in [0.25, 0.3) is 0 Å². The number of nitrogens with zero attached hydrogens (tertiary/aromatic N) is 2. The molecular formula is C13H23N3. The number of likely N-dealkylation sites (tertiary alicyclic amines) is 2. The van der Waals surface area contributed by atoms with Gasteiger partial charge in [0, 0.05) is 26.2 Å². The van der Waals surface area contributed by atoms with Crippen LogP contribution >= 0.6 is 0 Å². The van der Waals surface area contributed by atoms with Crippen LogP contribution in [0.2, 0.25) is 0 Å². The van der Waals surface area contributed by atoms with Gasteiger partial charge in [-0.05, 0) is 38.3 Å². The molecule has 0 aromatic rings. The lowest BCUT2D eigenvalue weighted by molar-refractivity contribution is -0.0422. The van der Waals surface area contributed by atoms with E-state index in [1.165, 1.54) is 39.0 Å². The fourth-order valence-corrected chi connectivity index (χ4v) is 2.94. The van der Waals surface area contributed by atoms with E-state index in [0.29, 0.717) is 5.41 Å². The highest BCUT2D eigenvalue weighted by Crippen LogP contribution is 2.39. The Morgan fingerprint density at radius 3 is 2.44 bits per heavy atom. The Bertz CT molecular complexity index is 273. The van der Waals surface area contributed by atoms with Gasteiger partial charge in [0.15, 0.2) is 0 Å². The molecule has 2 heterocycles. The Kier molecular flexibility index (Phi) is 3.86. The first-order chi connectivity index (χ1) is 7.78. The molecule has 3 nitrogen and oxygen atoms in total. The molecule has 2 N–H and O–H groups in total. The van der Waals surface area contributed by atoms with E-state index in [-0.39, 0.29) is 0 Å². The van der Waals surface area contributed by atoms with Gasteiger partial charge in [-0.3, -0.25) is 4.90 Å². The smallest absolute Gasteiger partial charge is 0.0601 e. The van der Waals surface area contributed by atoms with Crippen LogP contribution in [0.4, 0.5) is 0 Å². The second-order valence-corrected chi connectivity index (χ2v) is 5.20. The zero-order chi connectivity index (χ0) is 11.4. The van der Waals surface area contributed by atoms with E-state index in [0.717, 1.165) is 19.6 Å². The van der Waals surface area contributed by atoms with Gasteiger partial charge >= 0.3 is 0 Å². The van der Waals surface area contributed by atoms with Crippen LogP contribution in [-0.4, -0.2) is 55.6 Å². The molecule has 2 aliphatic heterocycles. The molecule has 2 fully saturated rings. The van der Waals surface area contributed by atoms with E-state index in [1.54, 1.807) is 0 Å². The molecule has 0 atom stereocenters. The molecule has 16 heavy (non-hydrogen) atoms. The van der Waals surface area contributed by atoms with Crippen molar-refractivity contribution < 1.29 is 0 Å². The van der Waals surface area contributed by atoms with E-state index < -0.39 is 0 Å². The highest BCUT2D eigenvalue weighted by Gasteiger charge is 2.43. The average molecular weight is 221 g/mol. The van der Waals surface area contributed by atoms with Crippen LogP contribution in [0.5, 0.6) is 0 Å². The minimum Gasteiger partial charge on any atom is -0.329 e. The highest BCUT2D eigenvalue weighted by atomic mass is 15.2. The Morgan fingerprint density at radius 1 is 1.19 bits per heavy atom. The molecule has 0 aromatic carbocycles. The number of nitrogens with two attached hydrogens (primary N) is 1. The monoisotopic (exact) mass is 221 g/mol. The summed E-state index contributed by atoms with van der Waals surface area (Å²) in [4.78, 5) is 4.97. The minimum absolute atomic E-state index is 0.630. The third-order valence-electron chi connectivity index (χ3n) is 3.96. The molecule has 2 saturated heterocycles. The molecule has 90 valence electrons. The van der Waals surface area contributed by atoms with Crippen LogP contribution in [-0.2, 0) is 0 Å². The predicted octanol–water partition coefficient (Wildman–Crippen LogP) is 0.366. The molecule has 0 bridgehead atoms. The van der Waals surface area contributed by atoms with Crippen LogP contribution in [0.1, 0.15) is 19.8 Å². The summed E-state index contributed by atoms with van der Waals surface area (Å²) >= 11 is 0. The topological polar surface area (TPSA) is 32.5 Å². The van der Waals surface area contributed by atoms with Crippen LogP contribution in [0.25, 0.3) is 0 Å². The lowest BCUT2D eigenvalue weighted by atomic mass is 9.72. The summed E-state index contributed by atoms with van der Waals surface area (Å²) in [7, 11) is 0. The van der Waals surface area contributed by atoms with Crippen LogP contribution < -0.4 is 5.73 Å². The van der Waals surface area contributed by atoms with Crippen LogP contribution in [0.3, 0.4) is 0 Å². The molecule has 0 aromatic heterocycles. The van der Waals surface area contributed by atoms with Crippen molar-refractivity contribution in [1.82, 2.24) is 9.80 Å². The van der Waals surface area contributed by atoms with E-state index in [1.807, 2.05) is 6.92 Å². The quantitative estimate of drug-likeness (QED) is 0.699. The first kappa shape index (κ1) is 11.9. The fraction of sp³-hybridized carbons (Fsp3) is 0.846. The summed E-state index contributed by atoms with van der Waals surface area (Å²) in [6, 6.07) is 0. The summed E-state index contributed by atoms with van der Waals surface area (Å²) in [5.41, 5.74) is 6.20. The van der Waals surface area contributed by atoms with Gasteiger partial charge in [0.05, 0.1) is 6.54 Å². The van der Waals surface area contributed by atoms with Crippen molar-refractivity contribution in [3.05, 3.63) is 0 Å². The minimum atomic E-state index is 0.630. The number of piperidine rings is 1. The SMILES string of the molecule is CC#CCN1CCC2(CC1)CN(CCN)C2. The molecule has 3 heteroatoms. The second-order valence-electron chi connectivity index (χ2n) is 5.20. The Hall–Kier alpha value is -0.560. The van der Waals surface area contributed by atoms with Gasteiger partial charge in [0.1, 0.15) is 0 Å². The first-order valence-electron chi connectivity index (χ1n) is 6.32. The maximum atomic E-state index is 5.57. The zero-order valence-electron chi connectivity index (χ0n) is 10.3. The summed E-state index contributed by atoms with van der Waals surface area (Å²) in [5, 5.41) is 0. The Morgan fingerprint density at radius 2 is 1.88 bits per heavy atom. The van der Waals surface area contributed by atoms with E-state index in [2.05, 4.69) is 21.6 Å². The fourth-order valence-electron chi connectivity index (χ4n) is 2.94. The Labute approximate surface area is 99.0 Å². The maximum absolute atomic E-state index is 5.57. The van der Waals surface area contributed by atoms with Gasteiger partial charge in [-0.25, -0.2) is 0 Å². The molecule has 2 aliphatic rings. The molecule has 1 spiro atoms. The summed E-state index contributed by atoms with van der Waals surface area (Å²) in [6.45, 7) is 9.76. The van der Waals surface area contributed by atoms with Crippen LogP contribution in [0.15, 0.2) is 0 Å². The third kappa shape index (κ3) is 2.57. The molecule has 0 amide bonds. The standard InChI is InChI=1S/C13H23N3/c1-2-3-7-15-8-4-13(5-9-15)11-16(12-13)10-6-14/h4-12,14H2,1H3. The van der Waals surface area contributed by atoms with E-state index in [9.17, 15) is 0 Å². The summed E-state index contributed by atoms with van der Waals surface area (Å²) < 4.78 is 0. The summed E-state index contributed by atoms with van der Waals surface area (Å²) in [6.07, 6.45) is 2.69. The van der Waals surface area contributed by atoms with Gasteiger partial charge in [0.2, 0.25) is 0 Å². The molecule has 0 saturated carbocycles. The van der Waals surface area contributed by atoms with Crippen molar-refractivity contribution in [2.75, 3.05) is 45.8 Å². The Balaban J connectivity index is 1.71. The van der Waals surface area contributed by atoms with Crippen molar-refractivity contribution in [2.45, 2.75) is 19.8 Å². The molecule has 2 rings (SSSR count). The second kappa shape index (κ2) is 5.18. The van der Waals surface area contributed by atoms with Gasteiger partial charge in [-0.1, -0.05) is 5.92 Å². The van der Waals surface area contributed by atoms with Crippen molar-refractivity contribution >= 4 is 0 Å². The largest absolute Gasteiger partial charge is 0.329 e. The van der Waals surface area contributed by atoms with Crippen molar-refractivity contribution in [3.8, 4) is 11.8 Å².